The number of hydrogen-bond donors (Lipinski definition) is 2. The predicted molar refractivity (Wildman–Crippen MR) is 130 cm³/mol. The van der Waals surface area contributed by atoms with Crippen LogP contribution in [0.5, 0.6) is 0 Å². The minimum atomic E-state index is -0.284. The number of carbonyl (C=O) groups excluding carboxylic acids is 1. The van der Waals surface area contributed by atoms with E-state index in [9.17, 15) is 4.79 Å². The molecule has 2 N–H and O–H groups in total. The fourth-order valence-corrected chi connectivity index (χ4v) is 5.43. The van der Waals surface area contributed by atoms with Gasteiger partial charge in [-0.15, -0.1) is 24.0 Å². The van der Waals surface area contributed by atoms with Crippen LogP contribution in [0.3, 0.4) is 0 Å². The van der Waals surface area contributed by atoms with Gasteiger partial charge in [0.15, 0.2) is 5.96 Å². The van der Waals surface area contributed by atoms with E-state index in [1.807, 2.05) is 25.9 Å². The number of carbonyl (C=O) groups is 1. The van der Waals surface area contributed by atoms with Crippen molar-refractivity contribution in [1.29, 1.82) is 0 Å². The van der Waals surface area contributed by atoms with Gasteiger partial charge < -0.3 is 20.3 Å². The van der Waals surface area contributed by atoms with Crippen molar-refractivity contribution in [2.75, 3.05) is 52.7 Å². The van der Waals surface area contributed by atoms with Crippen molar-refractivity contribution in [2.45, 2.75) is 57.1 Å². The molecule has 0 atom stereocenters. The molecule has 1 aliphatic heterocycles. The summed E-state index contributed by atoms with van der Waals surface area (Å²) in [5.41, 5.74) is -0.284. The summed E-state index contributed by atoms with van der Waals surface area (Å²) >= 11 is 2.01. The first-order valence-corrected chi connectivity index (χ1v) is 11.4. The van der Waals surface area contributed by atoms with E-state index in [1.54, 1.807) is 4.90 Å². The van der Waals surface area contributed by atoms with Crippen LogP contribution in [0.4, 0.5) is 0 Å². The first-order valence-electron chi connectivity index (χ1n) is 10.4. The molecule has 0 aromatic rings. The topological polar surface area (TPSA) is 66.0 Å². The minimum Gasteiger partial charge on any atom is -0.381 e. The Morgan fingerprint density at radius 1 is 1.11 bits per heavy atom. The van der Waals surface area contributed by atoms with Crippen LogP contribution in [0.2, 0.25) is 0 Å². The van der Waals surface area contributed by atoms with Gasteiger partial charge in [0.05, 0.1) is 12.0 Å². The molecule has 0 radical (unpaired) electrons. The molecule has 1 saturated heterocycles. The van der Waals surface area contributed by atoms with E-state index >= 15 is 0 Å². The van der Waals surface area contributed by atoms with E-state index in [0.717, 1.165) is 76.5 Å². The molecule has 1 aliphatic carbocycles. The molecule has 0 unspecified atom stereocenters. The summed E-state index contributed by atoms with van der Waals surface area (Å²) in [5, 5.41) is 6.85. The van der Waals surface area contributed by atoms with E-state index in [4.69, 9.17) is 9.73 Å². The van der Waals surface area contributed by atoms with Crippen LogP contribution in [0.15, 0.2) is 4.99 Å². The van der Waals surface area contributed by atoms with Crippen molar-refractivity contribution >= 4 is 47.6 Å². The Balaban J connectivity index is 0.00000392. The molecule has 1 saturated carbocycles. The number of amides is 1. The lowest BCUT2D eigenvalue weighted by atomic mass is 9.84. The van der Waals surface area contributed by atoms with Gasteiger partial charge >= 0.3 is 0 Å². The smallest absolute Gasteiger partial charge is 0.230 e. The van der Waals surface area contributed by atoms with Crippen LogP contribution in [-0.2, 0) is 9.53 Å². The van der Waals surface area contributed by atoms with Crippen molar-refractivity contribution in [3.8, 4) is 0 Å². The average Bonchev–Trinajstić information content (AvgIpc) is 3.14. The average molecular weight is 527 g/mol. The Morgan fingerprint density at radius 2 is 1.75 bits per heavy atom. The van der Waals surface area contributed by atoms with E-state index in [-0.39, 0.29) is 40.0 Å². The molecule has 28 heavy (non-hydrogen) atoms. The highest BCUT2D eigenvalue weighted by Crippen LogP contribution is 2.39. The van der Waals surface area contributed by atoms with Crippen LogP contribution in [0.1, 0.15) is 52.4 Å². The molecule has 0 spiro atoms. The highest BCUT2D eigenvalue weighted by atomic mass is 127. The monoisotopic (exact) mass is 526 g/mol. The van der Waals surface area contributed by atoms with Gasteiger partial charge in [-0.1, -0.05) is 19.8 Å². The molecule has 2 rings (SSSR count). The second kappa shape index (κ2) is 12.5. The van der Waals surface area contributed by atoms with Gasteiger partial charge in [-0.2, -0.15) is 11.8 Å². The Bertz CT molecular complexity index is 499. The number of halogens is 1. The third kappa shape index (κ3) is 6.93. The molecule has 0 bridgehead atoms. The van der Waals surface area contributed by atoms with Gasteiger partial charge in [-0.25, -0.2) is 0 Å². The van der Waals surface area contributed by atoms with Crippen molar-refractivity contribution in [3.63, 3.8) is 0 Å². The van der Waals surface area contributed by atoms with Crippen molar-refractivity contribution in [1.82, 2.24) is 15.5 Å². The van der Waals surface area contributed by atoms with Gasteiger partial charge in [-0.3, -0.25) is 9.79 Å². The Kier molecular flexibility index (Phi) is 11.5. The van der Waals surface area contributed by atoms with Crippen LogP contribution in [-0.4, -0.2) is 74.2 Å². The summed E-state index contributed by atoms with van der Waals surface area (Å²) in [5.74, 6) is 2.17. The van der Waals surface area contributed by atoms with Gasteiger partial charge in [0.1, 0.15) is 0 Å². The maximum atomic E-state index is 12.8. The lowest BCUT2D eigenvalue weighted by molar-refractivity contribution is -0.138. The highest BCUT2D eigenvalue weighted by Gasteiger charge is 2.42. The van der Waals surface area contributed by atoms with Gasteiger partial charge in [-0.05, 0) is 38.4 Å². The largest absolute Gasteiger partial charge is 0.381 e. The van der Waals surface area contributed by atoms with Crippen LogP contribution in [0.25, 0.3) is 0 Å². The second-order valence-electron chi connectivity index (χ2n) is 7.96. The number of hydrogen-bond acceptors (Lipinski definition) is 4. The third-order valence-corrected chi connectivity index (χ3v) is 7.18. The summed E-state index contributed by atoms with van der Waals surface area (Å²) < 4.78 is 5.75. The van der Waals surface area contributed by atoms with Crippen molar-refractivity contribution in [2.24, 2.45) is 10.4 Å². The zero-order valence-corrected chi connectivity index (χ0v) is 21.2. The van der Waals surface area contributed by atoms with Crippen LogP contribution < -0.4 is 10.6 Å². The molecule has 1 amide bonds. The SMILES string of the molecule is CCNC(=NCC1(SCC)CCOCC1)NCC1(C(=O)N(C)C)CCCC1.I. The summed E-state index contributed by atoms with van der Waals surface area (Å²) in [7, 11) is 3.72. The second-order valence-corrected chi connectivity index (χ2v) is 9.70. The summed E-state index contributed by atoms with van der Waals surface area (Å²) in [6.07, 6.45) is 6.29. The van der Waals surface area contributed by atoms with E-state index in [0.29, 0.717) is 6.54 Å². The molecule has 0 aromatic carbocycles. The zero-order chi connectivity index (χ0) is 19.8. The van der Waals surface area contributed by atoms with Gasteiger partial charge in [0, 0.05) is 45.1 Å². The zero-order valence-electron chi connectivity index (χ0n) is 18.0. The van der Waals surface area contributed by atoms with Gasteiger partial charge in [0.25, 0.3) is 0 Å². The molecular formula is C20H39IN4O2S. The van der Waals surface area contributed by atoms with E-state index < -0.39 is 0 Å². The Morgan fingerprint density at radius 3 is 2.29 bits per heavy atom. The first-order chi connectivity index (χ1) is 13.0. The maximum Gasteiger partial charge on any atom is 0.230 e. The van der Waals surface area contributed by atoms with Crippen molar-refractivity contribution < 1.29 is 9.53 Å². The number of guanidine groups is 1. The third-order valence-electron chi connectivity index (χ3n) is 5.74. The molecular weight excluding hydrogens is 487 g/mol. The lowest BCUT2D eigenvalue weighted by Crippen LogP contribution is -2.49. The fraction of sp³-hybridized carbons (Fsp3) is 0.900. The normalized spacial score (nSPS) is 20.9. The number of nitrogens with zero attached hydrogens (tertiary/aromatic N) is 2. The Hall–Kier alpha value is -0.220. The molecule has 2 aliphatic rings. The van der Waals surface area contributed by atoms with Crippen LogP contribution >= 0.6 is 35.7 Å². The van der Waals surface area contributed by atoms with Gasteiger partial charge in [0.2, 0.25) is 5.91 Å². The fourth-order valence-electron chi connectivity index (χ4n) is 4.21. The number of aliphatic imine (C=N–C) groups is 1. The number of nitrogens with one attached hydrogen (secondary N) is 2. The standard InChI is InChI=1S/C20H38N4O2S.HI/c1-5-21-18(23-16-20(27-6-2)11-13-26-14-12-20)22-15-19(9-7-8-10-19)17(25)24(3)4;/h5-16H2,1-4H3,(H2,21,22,23);1H. The molecule has 0 aromatic heterocycles. The number of ether oxygens (including phenoxy) is 1. The molecule has 164 valence electrons. The quantitative estimate of drug-likeness (QED) is 0.289. The summed E-state index contributed by atoms with van der Waals surface area (Å²) in [4.78, 5) is 19.4. The number of thioether (sulfide) groups is 1. The number of rotatable bonds is 8. The highest BCUT2D eigenvalue weighted by molar-refractivity contribution is 14.0. The van der Waals surface area contributed by atoms with E-state index in [2.05, 4.69) is 24.5 Å². The summed E-state index contributed by atoms with van der Waals surface area (Å²) in [6.45, 7) is 8.22. The van der Waals surface area contributed by atoms with E-state index in [1.165, 1.54) is 0 Å². The minimum absolute atomic E-state index is 0. The molecule has 8 heteroatoms. The van der Waals surface area contributed by atoms with Crippen LogP contribution in [0, 0.1) is 5.41 Å². The molecule has 6 nitrogen and oxygen atoms in total. The van der Waals surface area contributed by atoms with Crippen molar-refractivity contribution in [3.05, 3.63) is 0 Å². The lowest BCUT2D eigenvalue weighted by Gasteiger charge is -2.35. The predicted octanol–water partition coefficient (Wildman–Crippen LogP) is 3.11. The molecule has 2 fully saturated rings. The molecule has 1 heterocycles. The maximum absolute atomic E-state index is 12.8. The first kappa shape index (κ1) is 25.8. The Labute approximate surface area is 192 Å². The summed E-state index contributed by atoms with van der Waals surface area (Å²) in [6, 6.07) is 0.